The molecule has 138 valence electrons. The molecule has 1 unspecified atom stereocenters. The SMILES string of the molecule is O=C(COCCOc1ccccc1)N1CCNCC1c1cccc(F)c1. The molecule has 1 aliphatic heterocycles. The molecule has 1 amide bonds. The first-order chi connectivity index (χ1) is 12.7. The Labute approximate surface area is 152 Å². The van der Waals surface area contributed by atoms with Crippen LogP contribution in [0.2, 0.25) is 0 Å². The van der Waals surface area contributed by atoms with Crippen LogP contribution < -0.4 is 10.1 Å². The van der Waals surface area contributed by atoms with Crippen LogP contribution in [0.3, 0.4) is 0 Å². The summed E-state index contributed by atoms with van der Waals surface area (Å²) in [4.78, 5) is 14.3. The predicted octanol–water partition coefficient (Wildman–Crippen LogP) is 2.39. The van der Waals surface area contributed by atoms with E-state index < -0.39 is 0 Å². The molecule has 0 aliphatic carbocycles. The monoisotopic (exact) mass is 358 g/mol. The Morgan fingerprint density at radius 3 is 2.81 bits per heavy atom. The van der Waals surface area contributed by atoms with Crippen molar-refractivity contribution in [1.29, 1.82) is 0 Å². The zero-order chi connectivity index (χ0) is 18.2. The van der Waals surface area contributed by atoms with Crippen molar-refractivity contribution < 1.29 is 18.7 Å². The summed E-state index contributed by atoms with van der Waals surface area (Å²) in [7, 11) is 0. The number of hydrogen-bond donors (Lipinski definition) is 1. The number of ether oxygens (including phenoxy) is 2. The Morgan fingerprint density at radius 1 is 1.15 bits per heavy atom. The molecule has 1 N–H and O–H groups in total. The molecule has 1 fully saturated rings. The Kier molecular flexibility index (Phi) is 6.57. The van der Waals surface area contributed by atoms with E-state index in [0.29, 0.717) is 32.8 Å². The normalized spacial score (nSPS) is 17.1. The Bertz CT molecular complexity index is 711. The van der Waals surface area contributed by atoms with Crippen LogP contribution >= 0.6 is 0 Å². The minimum atomic E-state index is -0.296. The molecule has 1 saturated heterocycles. The van der Waals surface area contributed by atoms with E-state index in [0.717, 1.165) is 11.3 Å². The molecule has 0 spiro atoms. The molecular formula is C20H23FN2O3. The van der Waals surface area contributed by atoms with Crippen LogP contribution in [-0.4, -0.2) is 50.3 Å². The fourth-order valence-corrected chi connectivity index (χ4v) is 2.99. The molecule has 0 saturated carbocycles. The van der Waals surface area contributed by atoms with Gasteiger partial charge in [0.15, 0.2) is 0 Å². The van der Waals surface area contributed by atoms with Gasteiger partial charge in [-0.2, -0.15) is 0 Å². The lowest BCUT2D eigenvalue weighted by atomic mass is 10.0. The molecule has 3 rings (SSSR count). The van der Waals surface area contributed by atoms with E-state index in [-0.39, 0.29) is 24.4 Å². The summed E-state index contributed by atoms with van der Waals surface area (Å²) in [5, 5.41) is 3.26. The number of carbonyl (C=O) groups is 1. The van der Waals surface area contributed by atoms with E-state index in [4.69, 9.17) is 9.47 Å². The van der Waals surface area contributed by atoms with Crippen LogP contribution in [0, 0.1) is 5.82 Å². The van der Waals surface area contributed by atoms with Crippen LogP contribution in [0.25, 0.3) is 0 Å². The van der Waals surface area contributed by atoms with Crippen LogP contribution in [0.4, 0.5) is 4.39 Å². The van der Waals surface area contributed by atoms with Gasteiger partial charge in [0.1, 0.15) is 24.8 Å². The first-order valence-electron chi connectivity index (χ1n) is 8.75. The van der Waals surface area contributed by atoms with Gasteiger partial charge < -0.3 is 19.7 Å². The fourth-order valence-electron chi connectivity index (χ4n) is 2.99. The van der Waals surface area contributed by atoms with E-state index in [1.165, 1.54) is 12.1 Å². The molecule has 1 heterocycles. The second-order valence-electron chi connectivity index (χ2n) is 6.08. The van der Waals surface area contributed by atoms with Crippen LogP contribution in [-0.2, 0) is 9.53 Å². The first-order valence-corrected chi connectivity index (χ1v) is 8.75. The third kappa shape index (κ3) is 5.03. The number of piperazine rings is 1. The van der Waals surface area contributed by atoms with Gasteiger partial charge in [0, 0.05) is 19.6 Å². The summed E-state index contributed by atoms with van der Waals surface area (Å²) in [6.07, 6.45) is 0. The number of para-hydroxylation sites is 1. The number of amides is 1. The molecule has 2 aromatic rings. The lowest BCUT2D eigenvalue weighted by Crippen LogP contribution is -2.49. The van der Waals surface area contributed by atoms with Crippen LogP contribution in [0.15, 0.2) is 54.6 Å². The molecule has 0 aromatic heterocycles. The maximum Gasteiger partial charge on any atom is 0.249 e. The van der Waals surface area contributed by atoms with E-state index in [9.17, 15) is 9.18 Å². The van der Waals surface area contributed by atoms with Crippen molar-refractivity contribution >= 4 is 5.91 Å². The summed E-state index contributed by atoms with van der Waals surface area (Å²) in [5.74, 6) is 0.381. The summed E-state index contributed by atoms with van der Waals surface area (Å²) in [6, 6.07) is 15.7. The van der Waals surface area contributed by atoms with Gasteiger partial charge in [-0.1, -0.05) is 30.3 Å². The van der Waals surface area contributed by atoms with Gasteiger partial charge in [0.2, 0.25) is 5.91 Å². The van der Waals surface area contributed by atoms with Crippen molar-refractivity contribution in [1.82, 2.24) is 10.2 Å². The van der Waals surface area contributed by atoms with Gasteiger partial charge in [-0.25, -0.2) is 4.39 Å². The van der Waals surface area contributed by atoms with Gasteiger partial charge in [-0.05, 0) is 29.8 Å². The molecule has 0 radical (unpaired) electrons. The maximum atomic E-state index is 13.5. The maximum absolute atomic E-state index is 13.5. The summed E-state index contributed by atoms with van der Waals surface area (Å²) in [6.45, 7) is 2.60. The highest BCUT2D eigenvalue weighted by Gasteiger charge is 2.27. The average Bonchev–Trinajstić information content (AvgIpc) is 2.68. The third-order valence-electron chi connectivity index (χ3n) is 4.26. The number of halogens is 1. The van der Waals surface area contributed by atoms with E-state index in [2.05, 4.69) is 5.32 Å². The molecule has 0 bridgehead atoms. The van der Waals surface area contributed by atoms with Crippen molar-refractivity contribution in [2.75, 3.05) is 39.5 Å². The highest BCUT2D eigenvalue weighted by atomic mass is 19.1. The van der Waals surface area contributed by atoms with E-state index >= 15 is 0 Å². The summed E-state index contributed by atoms with van der Waals surface area (Å²) in [5.41, 5.74) is 0.790. The molecule has 1 atom stereocenters. The highest BCUT2D eigenvalue weighted by Crippen LogP contribution is 2.23. The Hall–Kier alpha value is -2.44. The van der Waals surface area contributed by atoms with Crippen molar-refractivity contribution in [3.05, 3.63) is 66.0 Å². The van der Waals surface area contributed by atoms with E-state index in [1.807, 2.05) is 36.4 Å². The summed E-state index contributed by atoms with van der Waals surface area (Å²) >= 11 is 0. The number of rotatable bonds is 7. The second kappa shape index (κ2) is 9.31. The molecule has 5 nitrogen and oxygen atoms in total. The van der Waals surface area contributed by atoms with Crippen molar-refractivity contribution in [3.8, 4) is 5.75 Å². The van der Waals surface area contributed by atoms with Crippen molar-refractivity contribution in [2.45, 2.75) is 6.04 Å². The second-order valence-corrected chi connectivity index (χ2v) is 6.08. The lowest BCUT2D eigenvalue weighted by molar-refractivity contribution is -0.139. The zero-order valence-corrected chi connectivity index (χ0v) is 14.6. The molecule has 26 heavy (non-hydrogen) atoms. The van der Waals surface area contributed by atoms with Crippen LogP contribution in [0.1, 0.15) is 11.6 Å². The van der Waals surface area contributed by atoms with Crippen molar-refractivity contribution in [2.24, 2.45) is 0 Å². The van der Waals surface area contributed by atoms with Gasteiger partial charge in [-0.3, -0.25) is 4.79 Å². The largest absolute Gasteiger partial charge is 0.491 e. The number of nitrogens with zero attached hydrogens (tertiary/aromatic N) is 1. The first kappa shape index (κ1) is 18.4. The quantitative estimate of drug-likeness (QED) is 0.772. The molecule has 1 aliphatic rings. The molecular weight excluding hydrogens is 335 g/mol. The van der Waals surface area contributed by atoms with Gasteiger partial charge in [0.25, 0.3) is 0 Å². The standard InChI is InChI=1S/C20H23FN2O3/c21-17-6-4-5-16(13-17)19-14-22-9-10-23(19)20(24)15-25-11-12-26-18-7-2-1-3-8-18/h1-8,13,19,22H,9-12,14-15H2. The number of benzene rings is 2. The number of nitrogens with one attached hydrogen (secondary N) is 1. The topological polar surface area (TPSA) is 50.8 Å². The number of carbonyl (C=O) groups excluding carboxylic acids is 1. The minimum absolute atomic E-state index is 0.00995. The van der Waals surface area contributed by atoms with Gasteiger partial charge >= 0.3 is 0 Å². The van der Waals surface area contributed by atoms with Gasteiger partial charge in [0.05, 0.1) is 12.6 Å². The zero-order valence-electron chi connectivity index (χ0n) is 14.6. The number of hydrogen-bond acceptors (Lipinski definition) is 4. The Morgan fingerprint density at radius 2 is 2.00 bits per heavy atom. The smallest absolute Gasteiger partial charge is 0.249 e. The van der Waals surface area contributed by atoms with Crippen molar-refractivity contribution in [3.63, 3.8) is 0 Å². The third-order valence-corrected chi connectivity index (χ3v) is 4.26. The van der Waals surface area contributed by atoms with Crippen LogP contribution in [0.5, 0.6) is 5.75 Å². The predicted molar refractivity (Wildman–Crippen MR) is 96.5 cm³/mol. The highest BCUT2D eigenvalue weighted by molar-refractivity contribution is 5.78. The lowest BCUT2D eigenvalue weighted by Gasteiger charge is -2.36. The summed E-state index contributed by atoms with van der Waals surface area (Å²) < 4.78 is 24.5. The average molecular weight is 358 g/mol. The van der Waals surface area contributed by atoms with Gasteiger partial charge in [-0.15, -0.1) is 0 Å². The minimum Gasteiger partial charge on any atom is -0.491 e. The van der Waals surface area contributed by atoms with E-state index in [1.54, 1.807) is 11.0 Å². The molecule has 6 heteroatoms. The Balaban J connectivity index is 1.47. The molecule has 2 aromatic carbocycles. The fraction of sp³-hybridized carbons (Fsp3) is 0.350.